The predicted octanol–water partition coefficient (Wildman–Crippen LogP) is 1.87. The Morgan fingerprint density at radius 1 is 1.54 bits per heavy atom. The number of hydrogen-bond donors (Lipinski definition) is 1. The summed E-state index contributed by atoms with van der Waals surface area (Å²) in [7, 11) is 0. The van der Waals surface area contributed by atoms with Gasteiger partial charge in [0.1, 0.15) is 5.76 Å². The molecular formula is C9H16N2OS. The zero-order chi connectivity index (χ0) is 9.84. The summed E-state index contributed by atoms with van der Waals surface area (Å²) in [6.45, 7) is 5.89. The van der Waals surface area contributed by atoms with Gasteiger partial charge in [-0.15, -0.1) is 0 Å². The van der Waals surface area contributed by atoms with Gasteiger partial charge in [0.05, 0.1) is 11.4 Å². The number of nitrogens with zero attached hydrogens (tertiary/aromatic N) is 1. The van der Waals surface area contributed by atoms with E-state index in [1.54, 1.807) is 11.8 Å². The Morgan fingerprint density at radius 2 is 2.23 bits per heavy atom. The van der Waals surface area contributed by atoms with Gasteiger partial charge in [-0.2, -0.15) is 11.8 Å². The molecule has 2 N–H and O–H groups in total. The van der Waals surface area contributed by atoms with Crippen molar-refractivity contribution >= 4 is 11.8 Å². The monoisotopic (exact) mass is 200 g/mol. The van der Waals surface area contributed by atoms with Crippen LogP contribution < -0.4 is 5.73 Å². The summed E-state index contributed by atoms with van der Waals surface area (Å²) in [5, 5.41) is 0. The highest BCUT2D eigenvalue weighted by Crippen LogP contribution is 2.15. The number of hydrogen-bond acceptors (Lipinski definition) is 4. The van der Waals surface area contributed by atoms with E-state index in [9.17, 15) is 0 Å². The molecule has 1 aromatic heterocycles. The lowest BCUT2D eigenvalue weighted by molar-refractivity contribution is 0.489. The molecule has 4 heteroatoms. The van der Waals surface area contributed by atoms with Crippen LogP contribution in [0.1, 0.15) is 24.3 Å². The Morgan fingerprint density at radius 3 is 2.69 bits per heavy atom. The molecule has 1 rings (SSSR count). The van der Waals surface area contributed by atoms with E-state index in [-0.39, 0.29) is 6.04 Å². The van der Waals surface area contributed by atoms with Crippen LogP contribution in [0.25, 0.3) is 0 Å². The first-order chi connectivity index (χ1) is 6.09. The van der Waals surface area contributed by atoms with Crippen molar-refractivity contribution in [2.75, 3.05) is 5.75 Å². The summed E-state index contributed by atoms with van der Waals surface area (Å²) in [4.78, 5) is 4.28. The van der Waals surface area contributed by atoms with Crippen molar-refractivity contribution in [3.8, 4) is 0 Å². The van der Waals surface area contributed by atoms with E-state index in [1.165, 1.54) is 0 Å². The summed E-state index contributed by atoms with van der Waals surface area (Å²) < 4.78 is 5.42. The molecule has 1 unspecified atom stereocenters. The number of aryl methyl sites for hydroxylation is 2. The van der Waals surface area contributed by atoms with Crippen LogP contribution in [0.4, 0.5) is 0 Å². The minimum atomic E-state index is 0.238. The number of thioether (sulfide) groups is 1. The zero-order valence-corrected chi connectivity index (χ0v) is 9.15. The van der Waals surface area contributed by atoms with Crippen LogP contribution in [0.5, 0.6) is 0 Å². The molecule has 13 heavy (non-hydrogen) atoms. The van der Waals surface area contributed by atoms with Crippen molar-refractivity contribution in [1.82, 2.24) is 4.98 Å². The van der Waals surface area contributed by atoms with Crippen LogP contribution in [0.15, 0.2) is 4.42 Å². The first-order valence-electron chi connectivity index (χ1n) is 4.36. The molecule has 1 aromatic rings. The third-order valence-electron chi connectivity index (χ3n) is 1.68. The highest BCUT2D eigenvalue weighted by atomic mass is 32.2. The summed E-state index contributed by atoms with van der Waals surface area (Å²) in [5.41, 5.74) is 6.60. The highest BCUT2D eigenvalue weighted by molar-refractivity contribution is 7.98. The minimum absolute atomic E-state index is 0.238. The van der Waals surface area contributed by atoms with Gasteiger partial charge in [0, 0.05) is 11.8 Å². The normalized spacial score (nSPS) is 13.2. The topological polar surface area (TPSA) is 52.0 Å². The Hall–Kier alpha value is -0.480. The second-order valence-corrected chi connectivity index (χ2v) is 4.27. The van der Waals surface area contributed by atoms with Crippen molar-refractivity contribution in [3.05, 3.63) is 17.3 Å². The maximum absolute atomic E-state index is 5.62. The van der Waals surface area contributed by atoms with Gasteiger partial charge in [0.15, 0.2) is 0 Å². The van der Waals surface area contributed by atoms with Crippen molar-refractivity contribution in [2.45, 2.75) is 32.6 Å². The van der Waals surface area contributed by atoms with Crippen LogP contribution in [0.3, 0.4) is 0 Å². The fourth-order valence-electron chi connectivity index (χ4n) is 0.933. The largest absolute Gasteiger partial charge is 0.445 e. The van der Waals surface area contributed by atoms with E-state index in [1.807, 2.05) is 20.8 Å². The SMILES string of the molecule is Cc1nc(CSCC(C)N)oc1C. The van der Waals surface area contributed by atoms with Crippen LogP contribution >= 0.6 is 11.8 Å². The van der Waals surface area contributed by atoms with Gasteiger partial charge >= 0.3 is 0 Å². The van der Waals surface area contributed by atoms with Gasteiger partial charge in [-0.25, -0.2) is 4.98 Å². The molecule has 0 aliphatic heterocycles. The van der Waals surface area contributed by atoms with Crippen LogP contribution in [-0.4, -0.2) is 16.8 Å². The first kappa shape index (κ1) is 10.6. The molecule has 0 spiro atoms. The Kier molecular flexibility index (Phi) is 3.81. The quantitative estimate of drug-likeness (QED) is 0.806. The second kappa shape index (κ2) is 4.67. The van der Waals surface area contributed by atoms with Gasteiger partial charge in [0.2, 0.25) is 5.89 Å². The fourth-order valence-corrected chi connectivity index (χ4v) is 1.72. The van der Waals surface area contributed by atoms with Crippen LogP contribution in [0.2, 0.25) is 0 Å². The Balaban J connectivity index is 2.37. The van der Waals surface area contributed by atoms with Gasteiger partial charge in [-0.3, -0.25) is 0 Å². The number of oxazole rings is 1. The molecule has 0 amide bonds. The molecule has 3 nitrogen and oxygen atoms in total. The van der Waals surface area contributed by atoms with Crippen molar-refractivity contribution < 1.29 is 4.42 Å². The van der Waals surface area contributed by atoms with Crippen molar-refractivity contribution in [2.24, 2.45) is 5.73 Å². The summed E-state index contributed by atoms with van der Waals surface area (Å²) >= 11 is 1.76. The maximum atomic E-state index is 5.62. The van der Waals surface area contributed by atoms with E-state index < -0.39 is 0 Å². The third kappa shape index (κ3) is 3.40. The highest BCUT2D eigenvalue weighted by Gasteiger charge is 2.05. The van der Waals surface area contributed by atoms with E-state index in [0.29, 0.717) is 0 Å². The van der Waals surface area contributed by atoms with Crippen LogP contribution in [-0.2, 0) is 5.75 Å². The molecule has 0 saturated carbocycles. The van der Waals surface area contributed by atoms with E-state index in [0.717, 1.165) is 28.9 Å². The second-order valence-electron chi connectivity index (χ2n) is 3.24. The molecule has 0 aliphatic carbocycles. The molecule has 1 atom stereocenters. The zero-order valence-electron chi connectivity index (χ0n) is 8.33. The van der Waals surface area contributed by atoms with Gasteiger partial charge in [-0.1, -0.05) is 0 Å². The molecule has 74 valence electrons. The number of rotatable bonds is 4. The van der Waals surface area contributed by atoms with Crippen molar-refractivity contribution in [3.63, 3.8) is 0 Å². The minimum Gasteiger partial charge on any atom is -0.445 e. The average Bonchev–Trinajstić information content (AvgIpc) is 2.30. The Bertz CT molecular complexity index is 251. The third-order valence-corrected chi connectivity index (χ3v) is 2.89. The van der Waals surface area contributed by atoms with E-state index in [2.05, 4.69) is 4.98 Å². The molecule has 0 fully saturated rings. The average molecular weight is 200 g/mol. The fraction of sp³-hybridized carbons (Fsp3) is 0.667. The van der Waals surface area contributed by atoms with Gasteiger partial charge in [-0.05, 0) is 20.8 Å². The molecule has 0 aliphatic rings. The summed E-state index contributed by atoms with van der Waals surface area (Å²) in [6.07, 6.45) is 0. The first-order valence-corrected chi connectivity index (χ1v) is 5.51. The molecule has 0 aromatic carbocycles. The lowest BCUT2D eigenvalue weighted by Crippen LogP contribution is -2.17. The number of nitrogens with two attached hydrogens (primary N) is 1. The smallest absolute Gasteiger partial charge is 0.204 e. The molecule has 0 bridgehead atoms. The van der Waals surface area contributed by atoms with Gasteiger partial charge < -0.3 is 10.2 Å². The van der Waals surface area contributed by atoms with E-state index in [4.69, 9.17) is 10.2 Å². The van der Waals surface area contributed by atoms with E-state index >= 15 is 0 Å². The van der Waals surface area contributed by atoms with Crippen molar-refractivity contribution in [1.29, 1.82) is 0 Å². The molecule has 0 saturated heterocycles. The Labute approximate surface area is 83.1 Å². The molecule has 1 heterocycles. The maximum Gasteiger partial charge on any atom is 0.204 e. The lowest BCUT2D eigenvalue weighted by atomic mass is 10.4. The number of aromatic nitrogens is 1. The lowest BCUT2D eigenvalue weighted by Gasteiger charge is -2.01. The standard InChI is InChI=1S/C9H16N2OS/c1-6(10)4-13-5-9-11-7(2)8(3)12-9/h6H,4-5,10H2,1-3H3. The predicted molar refractivity (Wildman–Crippen MR) is 55.8 cm³/mol. The summed E-state index contributed by atoms with van der Waals surface area (Å²) in [6, 6.07) is 0.238. The molecule has 0 radical (unpaired) electrons. The van der Waals surface area contributed by atoms with Gasteiger partial charge in [0.25, 0.3) is 0 Å². The molecular weight excluding hydrogens is 184 g/mol. The van der Waals surface area contributed by atoms with Crippen LogP contribution in [0, 0.1) is 13.8 Å². The summed E-state index contributed by atoms with van der Waals surface area (Å²) in [5.74, 6) is 3.48.